The van der Waals surface area contributed by atoms with Gasteiger partial charge >= 0.3 is 0 Å². The molecule has 0 spiro atoms. The van der Waals surface area contributed by atoms with E-state index in [1.54, 1.807) is 16.7 Å². The number of carbonyl (C=O) groups excluding carboxylic acids is 2. The number of phenols is 2. The van der Waals surface area contributed by atoms with Crippen molar-refractivity contribution >= 4 is 17.5 Å². The summed E-state index contributed by atoms with van der Waals surface area (Å²) in [6.45, 7) is 3.81. The summed E-state index contributed by atoms with van der Waals surface area (Å²) in [6.07, 6.45) is 2.69. The van der Waals surface area contributed by atoms with Gasteiger partial charge in [-0.15, -0.1) is 0 Å². The van der Waals surface area contributed by atoms with Crippen LogP contribution in [0.15, 0.2) is 42.0 Å². The van der Waals surface area contributed by atoms with Crippen LogP contribution < -0.4 is 4.90 Å². The van der Waals surface area contributed by atoms with Crippen LogP contribution in [0.5, 0.6) is 11.5 Å². The molecule has 2 aromatic rings. The molecule has 2 amide bonds. The molecule has 2 aromatic carbocycles. The number of phenolic OH excluding ortho intramolecular Hbond substituents is 2. The first-order valence-electron chi connectivity index (χ1n) is 10.3. The van der Waals surface area contributed by atoms with Crippen LogP contribution in [0.3, 0.4) is 0 Å². The number of fused-ring (bicyclic) bond motifs is 1. The lowest BCUT2D eigenvalue weighted by Gasteiger charge is -2.20. The van der Waals surface area contributed by atoms with Gasteiger partial charge in [-0.2, -0.15) is 0 Å². The van der Waals surface area contributed by atoms with E-state index in [-0.39, 0.29) is 28.9 Å². The van der Waals surface area contributed by atoms with Gasteiger partial charge in [0.25, 0.3) is 11.8 Å². The number of anilines is 1. The fourth-order valence-electron chi connectivity index (χ4n) is 4.15. The van der Waals surface area contributed by atoms with E-state index in [0.717, 1.165) is 28.9 Å². The molecule has 0 radical (unpaired) electrons. The number of aromatic hydroxyl groups is 2. The maximum Gasteiger partial charge on any atom is 0.258 e. The molecule has 0 bridgehead atoms. The maximum absolute atomic E-state index is 13.1. The largest absolute Gasteiger partial charge is 0.508 e. The Bertz CT molecular complexity index is 1090. The third kappa shape index (κ3) is 3.88. The molecule has 162 valence electrons. The number of hydrogen-bond donors (Lipinski definition) is 2. The average Bonchev–Trinajstić information content (AvgIpc) is 3.32. The van der Waals surface area contributed by atoms with E-state index in [2.05, 4.69) is 0 Å². The zero-order chi connectivity index (χ0) is 22.3. The molecular formula is C24H27N3O4. The van der Waals surface area contributed by atoms with Crippen LogP contribution in [0.2, 0.25) is 0 Å². The van der Waals surface area contributed by atoms with Crippen LogP contribution in [-0.4, -0.2) is 59.0 Å². The minimum absolute atomic E-state index is 0.0202. The van der Waals surface area contributed by atoms with Gasteiger partial charge in [-0.1, -0.05) is 18.2 Å². The Morgan fingerprint density at radius 3 is 2.68 bits per heavy atom. The summed E-state index contributed by atoms with van der Waals surface area (Å²) < 4.78 is 0. The second-order valence-electron chi connectivity index (χ2n) is 8.43. The summed E-state index contributed by atoms with van der Waals surface area (Å²) in [5.74, 6) is -0.574. The summed E-state index contributed by atoms with van der Waals surface area (Å²) in [5, 5.41) is 19.9. The lowest BCUT2D eigenvalue weighted by atomic mass is 10.1. The van der Waals surface area contributed by atoms with Crippen LogP contribution >= 0.6 is 0 Å². The zero-order valence-electron chi connectivity index (χ0n) is 18.1. The van der Waals surface area contributed by atoms with E-state index in [1.165, 1.54) is 12.1 Å². The molecular weight excluding hydrogens is 394 g/mol. The van der Waals surface area contributed by atoms with Crippen LogP contribution in [0.1, 0.15) is 33.5 Å². The van der Waals surface area contributed by atoms with Crippen LogP contribution in [-0.2, 0) is 17.9 Å². The monoisotopic (exact) mass is 421 g/mol. The van der Waals surface area contributed by atoms with Crippen molar-refractivity contribution in [1.82, 2.24) is 9.80 Å². The van der Waals surface area contributed by atoms with E-state index >= 15 is 0 Å². The number of rotatable bonds is 4. The molecule has 31 heavy (non-hydrogen) atoms. The fourth-order valence-corrected chi connectivity index (χ4v) is 4.15. The number of hydrogen-bond acceptors (Lipinski definition) is 5. The molecule has 0 unspecified atom stereocenters. The standard InChI is InChI=1S/C24H27N3O4/c1-15-11-18(22(29)12-21(15)28)24(31)26-13-17-5-4-6-20(19(17)14-26)27-10-8-16(23(27)30)7-9-25(2)3/h4-7,11-12,28-29H,8-10,13-14H2,1-3H3/b16-7-. The van der Waals surface area contributed by atoms with Crippen molar-refractivity contribution in [2.24, 2.45) is 0 Å². The summed E-state index contributed by atoms with van der Waals surface area (Å²) in [6, 6.07) is 8.52. The van der Waals surface area contributed by atoms with Gasteiger partial charge in [0.15, 0.2) is 0 Å². The Morgan fingerprint density at radius 1 is 1.16 bits per heavy atom. The second kappa shape index (κ2) is 8.07. The maximum atomic E-state index is 13.1. The lowest BCUT2D eigenvalue weighted by Crippen LogP contribution is -2.27. The summed E-state index contributed by atoms with van der Waals surface area (Å²) >= 11 is 0. The van der Waals surface area contributed by atoms with Gasteiger partial charge in [-0.3, -0.25) is 9.59 Å². The van der Waals surface area contributed by atoms with E-state index in [9.17, 15) is 19.8 Å². The van der Waals surface area contributed by atoms with E-state index < -0.39 is 0 Å². The van der Waals surface area contributed by atoms with Crippen molar-refractivity contribution in [1.29, 1.82) is 0 Å². The Morgan fingerprint density at radius 2 is 1.94 bits per heavy atom. The number of aryl methyl sites for hydroxylation is 1. The minimum atomic E-state index is -0.304. The summed E-state index contributed by atoms with van der Waals surface area (Å²) in [7, 11) is 3.94. The molecule has 2 aliphatic heterocycles. The Balaban J connectivity index is 1.58. The van der Waals surface area contributed by atoms with Crippen LogP contribution in [0, 0.1) is 6.92 Å². The predicted molar refractivity (Wildman–Crippen MR) is 118 cm³/mol. The molecule has 1 fully saturated rings. The minimum Gasteiger partial charge on any atom is -0.508 e. The highest BCUT2D eigenvalue weighted by Crippen LogP contribution is 2.36. The van der Waals surface area contributed by atoms with Gasteiger partial charge < -0.3 is 24.9 Å². The highest BCUT2D eigenvalue weighted by atomic mass is 16.3. The van der Waals surface area contributed by atoms with Gasteiger partial charge in [0, 0.05) is 49.1 Å². The van der Waals surface area contributed by atoms with Gasteiger partial charge in [0.2, 0.25) is 0 Å². The summed E-state index contributed by atoms with van der Waals surface area (Å²) in [4.78, 5) is 31.5. The molecule has 0 aromatic heterocycles. The molecule has 1 saturated heterocycles. The third-order valence-corrected chi connectivity index (χ3v) is 5.91. The SMILES string of the molecule is Cc1cc(C(=O)N2Cc3cccc(N4CC/C(=C/CN(C)C)C4=O)c3C2)c(O)cc1O. The quantitative estimate of drug-likeness (QED) is 0.742. The van der Waals surface area contributed by atoms with Gasteiger partial charge in [-0.25, -0.2) is 0 Å². The summed E-state index contributed by atoms with van der Waals surface area (Å²) in [5.41, 5.74) is 4.32. The zero-order valence-corrected chi connectivity index (χ0v) is 18.1. The topological polar surface area (TPSA) is 84.3 Å². The van der Waals surface area contributed by atoms with Crippen LogP contribution in [0.25, 0.3) is 0 Å². The smallest absolute Gasteiger partial charge is 0.258 e. The Hall–Kier alpha value is -3.32. The molecule has 7 heteroatoms. The van der Waals surface area contributed by atoms with Crippen LogP contribution in [0.4, 0.5) is 5.69 Å². The molecule has 2 aliphatic rings. The van der Waals surface area contributed by atoms with E-state index in [4.69, 9.17) is 0 Å². The predicted octanol–water partition coefficient (Wildman–Crippen LogP) is 2.79. The Labute approximate surface area is 181 Å². The van der Waals surface area contributed by atoms with Crippen molar-refractivity contribution in [3.05, 3.63) is 64.2 Å². The first kappa shape index (κ1) is 20.9. The van der Waals surface area contributed by atoms with Crippen molar-refractivity contribution < 1.29 is 19.8 Å². The molecule has 4 rings (SSSR count). The van der Waals surface area contributed by atoms with Gasteiger partial charge in [0.1, 0.15) is 11.5 Å². The first-order valence-corrected chi connectivity index (χ1v) is 10.3. The van der Waals surface area contributed by atoms with E-state index in [0.29, 0.717) is 31.6 Å². The van der Waals surface area contributed by atoms with Gasteiger partial charge in [0.05, 0.1) is 5.56 Å². The van der Waals surface area contributed by atoms with Crippen molar-refractivity contribution in [2.75, 3.05) is 32.1 Å². The second-order valence-corrected chi connectivity index (χ2v) is 8.43. The molecule has 0 saturated carbocycles. The van der Waals surface area contributed by atoms with Crippen molar-refractivity contribution in [3.8, 4) is 11.5 Å². The van der Waals surface area contributed by atoms with Crippen molar-refractivity contribution in [3.63, 3.8) is 0 Å². The third-order valence-electron chi connectivity index (χ3n) is 5.91. The van der Waals surface area contributed by atoms with Crippen molar-refractivity contribution in [2.45, 2.75) is 26.4 Å². The number of nitrogens with zero attached hydrogens (tertiary/aromatic N) is 3. The Kier molecular flexibility index (Phi) is 5.45. The lowest BCUT2D eigenvalue weighted by molar-refractivity contribution is -0.114. The average molecular weight is 421 g/mol. The molecule has 7 nitrogen and oxygen atoms in total. The van der Waals surface area contributed by atoms with E-state index in [1.807, 2.05) is 43.3 Å². The molecule has 0 atom stereocenters. The first-order chi connectivity index (χ1) is 14.8. The highest BCUT2D eigenvalue weighted by molar-refractivity contribution is 6.08. The number of likely N-dealkylation sites (N-methyl/N-ethyl adjacent to an activating group) is 1. The molecule has 2 N–H and O–H groups in total. The number of carbonyl (C=O) groups is 2. The number of benzene rings is 2. The molecule has 2 heterocycles. The molecule has 0 aliphatic carbocycles. The van der Waals surface area contributed by atoms with Gasteiger partial charge in [-0.05, 0) is 50.7 Å². The normalized spacial score (nSPS) is 17.2. The highest BCUT2D eigenvalue weighted by Gasteiger charge is 2.33. The fraction of sp³-hybridized carbons (Fsp3) is 0.333. The number of amides is 2.